The minimum Gasteiger partial charge on any atom is -0.474 e. The van der Waals surface area contributed by atoms with Gasteiger partial charge in [-0.05, 0) is 91.0 Å². The number of aryl methyl sites for hydroxylation is 1. The Kier molecular flexibility index (Phi) is 7.32. The summed E-state index contributed by atoms with van der Waals surface area (Å²) in [6.45, 7) is 10.3. The Labute approximate surface area is 206 Å². The predicted molar refractivity (Wildman–Crippen MR) is 133 cm³/mol. The molecule has 0 saturated heterocycles. The Morgan fingerprint density at radius 3 is 2.65 bits per heavy atom. The molecule has 2 aliphatic rings. The van der Waals surface area contributed by atoms with Gasteiger partial charge >= 0.3 is 6.09 Å². The SMILES string of the molecule is CCN(C(=O)OC(C)(C)C)C1CCC(Oc2ncnc3sc4c(c23)[C@@H](CC(C)C#N)CC4)CC1. The number of amides is 1. The van der Waals surface area contributed by atoms with Gasteiger partial charge in [-0.25, -0.2) is 14.8 Å². The van der Waals surface area contributed by atoms with E-state index in [0.29, 0.717) is 18.3 Å². The van der Waals surface area contributed by atoms with E-state index in [2.05, 4.69) is 16.0 Å². The van der Waals surface area contributed by atoms with Crippen molar-refractivity contribution in [1.82, 2.24) is 14.9 Å². The molecule has 1 fully saturated rings. The maximum atomic E-state index is 12.7. The van der Waals surface area contributed by atoms with Crippen LogP contribution in [0, 0.1) is 17.2 Å². The average Bonchev–Trinajstić information content (AvgIpc) is 3.34. The molecule has 0 spiro atoms. The van der Waals surface area contributed by atoms with E-state index in [1.165, 1.54) is 10.4 Å². The molecule has 2 atom stereocenters. The molecule has 184 valence electrons. The lowest BCUT2D eigenvalue weighted by molar-refractivity contribution is 0.00812. The van der Waals surface area contributed by atoms with Crippen molar-refractivity contribution < 1.29 is 14.3 Å². The van der Waals surface area contributed by atoms with Crippen molar-refractivity contribution >= 4 is 27.6 Å². The summed E-state index contributed by atoms with van der Waals surface area (Å²) in [5.74, 6) is 1.08. The first kappa shape index (κ1) is 24.7. The van der Waals surface area contributed by atoms with Crippen LogP contribution in [0.15, 0.2) is 6.33 Å². The molecule has 0 radical (unpaired) electrons. The van der Waals surface area contributed by atoms with Gasteiger partial charge in [-0.3, -0.25) is 0 Å². The van der Waals surface area contributed by atoms with Crippen LogP contribution in [0.1, 0.15) is 89.5 Å². The number of aromatic nitrogens is 2. The molecule has 0 aromatic carbocycles. The second kappa shape index (κ2) is 10.1. The van der Waals surface area contributed by atoms with Gasteiger partial charge in [0.1, 0.15) is 22.9 Å². The minimum absolute atomic E-state index is 0.0293. The quantitative estimate of drug-likeness (QED) is 0.484. The molecule has 2 aromatic heterocycles. The third-order valence-electron chi connectivity index (χ3n) is 6.89. The standard InChI is InChI=1S/C26H36N4O3S/c1-6-30(25(31)33-26(3,4)5)18-8-10-19(11-9-18)32-23-22-21-17(13-16(2)14-27)7-12-20(21)34-24(22)29-15-28-23/h15-19H,6-13H2,1-5H3/t16?,17-,18?,19?/m1/s1. The molecule has 1 unspecified atom stereocenters. The summed E-state index contributed by atoms with van der Waals surface area (Å²) < 4.78 is 12.1. The molecule has 8 heteroatoms. The molecule has 0 N–H and O–H groups in total. The molecule has 2 aromatic rings. The lowest BCUT2D eigenvalue weighted by Gasteiger charge is -2.37. The van der Waals surface area contributed by atoms with Gasteiger partial charge < -0.3 is 14.4 Å². The summed E-state index contributed by atoms with van der Waals surface area (Å²) in [6.07, 6.45) is 7.94. The number of thiophene rings is 1. The molecule has 2 heterocycles. The molecule has 1 saturated carbocycles. The van der Waals surface area contributed by atoms with Crippen LogP contribution in [0.3, 0.4) is 0 Å². The molecule has 7 nitrogen and oxygen atoms in total. The summed E-state index contributed by atoms with van der Waals surface area (Å²) in [4.78, 5) is 25.9. The number of carbonyl (C=O) groups excluding carboxylic acids is 1. The van der Waals surface area contributed by atoms with Gasteiger partial charge in [0.15, 0.2) is 0 Å². The summed E-state index contributed by atoms with van der Waals surface area (Å²) in [5, 5.41) is 10.4. The molecule has 0 aliphatic heterocycles. The van der Waals surface area contributed by atoms with Crippen molar-refractivity contribution in [2.75, 3.05) is 6.54 Å². The maximum Gasteiger partial charge on any atom is 0.410 e. The van der Waals surface area contributed by atoms with Crippen LogP contribution in [-0.4, -0.2) is 45.3 Å². The topological polar surface area (TPSA) is 88.3 Å². The van der Waals surface area contributed by atoms with E-state index in [9.17, 15) is 10.1 Å². The van der Waals surface area contributed by atoms with Gasteiger partial charge in [-0.15, -0.1) is 11.3 Å². The van der Waals surface area contributed by atoms with E-state index in [-0.39, 0.29) is 24.2 Å². The molecular weight excluding hydrogens is 448 g/mol. The van der Waals surface area contributed by atoms with E-state index < -0.39 is 5.60 Å². The Balaban J connectivity index is 1.46. The van der Waals surface area contributed by atoms with Crippen molar-refractivity contribution in [3.8, 4) is 11.9 Å². The van der Waals surface area contributed by atoms with Crippen molar-refractivity contribution in [2.45, 2.75) is 103 Å². The van der Waals surface area contributed by atoms with Gasteiger partial charge in [0.05, 0.1) is 11.5 Å². The van der Waals surface area contributed by atoms with E-state index >= 15 is 0 Å². The third kappa shape index (κ3) is 5.30. The highest BCUT2D eigenvalue weighted by Gasteiger charge is 2.34. The molecule has 34 heavy (non-hydrogen) atoms. The molecule has 0 bridgehead atoms. The number of hydrogen-bond acceptors (Lipinski definition) is 7. The van der Waals surface area contributed by atoms with Crippen LogP contribution in [-0.2, 0) is 11.2 Å². The average molecular weight is 485 g/mol. The monoisotopic (exact) mass is 484 g/mol. The van der Waals surface area contributed by atoms with Crippen LogP contribution in [0.4, 0.5) is 4.79 Å². The molecular formula is C26H36N4O3S. The van der Waals surface area contributed by atoms with Crippen molar-refractivity contribution in [3.63, 3.8) is 0 Å². The number of nitrogens with zero attached hydrogens (tertiary/aromatic N) is 4. The van der Waals surface area contributed by atoms with E-state index in [1.54, 1.807) is 17.7 Å². The number of carbonyl (C=O) groups is 1. The fourth-order valence-electron chi connectivity index (χ4n) is 5.33. The van der Waals surface area contributed by atoms with E-state index in [1.807, 2.05) is 39.5 Å². The number of hydrogen-bond donors (Lipinski definition) is 0. The zero-order chi connectivity index (χ0) is 24.5. The second-order valence-electron chi connectivity index (χ2n) is 10.6. The summed E-state index contributed by atoms with van der Waals surface area (Å²) in [5.41, 5.74) is 0.820. The van der Waals surface area contributed by atoms with E-state index in [4.69, 9.17) is 9.47 Å². The fourth-order valence-corrected chi connectivity index (χ4v) is 6.57. The smallest absolute Gasteiger partial charge is 0.410 e. The number of rotatable bonds is 6. The lowest BCUT2D eigenvalue weighted by atomic mass is 9.91. The Bertz CT molecular complexity index is 1060. The van der Waals surface area contributed by atoms with Crippen molar-refractivity contribution in [3.05, 3.63) is 16.8 Å². The summed E-state index contributed by atoms with van der Waals surface area (Å²) >= 11 is 1.74. The number of nitriles is 1. The third-order valence-corrected chi connectivity index (χ3v) is 8.06. The highest BCUT2D eigenvalue weighted by Crippen LogP contribution is 2.48. The first-order chi connectivity index (χ1) is 16.2. The Morgan fingerprint density at radius 1 is 1.26 bits per heavy atom. The van der Waals surface area contributed by atoms with Gasteiger partial charge in [0.2, 0.25) is 5.88 Å². The number of fused-ring (bicyclic) bond motifs is 3. The number of ether oxygens (including phenoxy) is 2. The molecule has 1 amide bonds. The van der Waals surface area contributed by atoms with Gasteiger partial charge in [-0.1, -0.05) is 0 Å². The summed E-state index contributed by atoms with van der Waals surface area (Å²) in [7, 11) is 0. The van der Waals surface area contributed by atoms with Gasteiger partial charge in [0, 0.05) is 23.4 Å². The second-order valence-corrected chi connectivity index (χ2v) is 11.7. The zero-order valence-electron chi connectivity index (χ0n) is 21.0. The Hall–Kier alpha value is -2.40. The van der Waals surface area contributed by atoms with E-state index in [0.717, 1.165) is 55.2 Å². The summed E-state index contributed by atoms with van der Waals surface area (Å²) in [6, 6.07) is 2.56. The van der Waals surface area contributed by atoms with Crippen LogP contribution in [0.5, 0.6) is 5.88 Å². The normalized spacial score (nSPS) is 23.2. The fraction of sp³-hybridized carbons (Fsp3) is 0.692. The predicted octanol–water partition coefficient (Wildman–Crippen LogP) is 6.22. The van der Waals surface area contributed by atoms with Gasteiger partial charge in [-0.2, -0.15) is 5.26 Å². The van der Waals surface area contributed by atoms with Crippen LogP contribution in [0.2, 0.25) is 0 Å². The minimum atomic E-state index is -0.493. The zero-order valence-corrected chi connectivity index (χ0v) is 21.8. The first-order valence-electron chi connectivity index (χ1n) is 12.5. The van der Waals surface area contributed by atoms with Crippen LogP contribution >= 0.6 is 11.3 Å². The molecule has 2 aliphatic carbocycles. The molecule has 4 rings (SSSR count). The van der Waals surface area contributed by atoms with Gasteiger partial charge in [0.25, 0.3) is 0 Å². The van der Waals surface area contributed by atoms with Crippen molar-refractivity contribution in [2.24, 2.45) is 5.92 Å². The lowest BCUT2D eigenvalue weighted by Crippen LogP contribution is -2.45. The van der Waals surface area contributed by atoms with Crippen LogP contribution < -0.4 is 4.74 Å². The largest absolute Gasteiger partial charge is 0.474 e. The highest BCUT2D eigenvalue weighted by molar-refractivity contribution is 7.19. The Morgan fingerprint density at radius 2 is 2.00 bits per heavy atom. The first-order valence-corrected chi connectivity index (χ1v) is 13.3. The highest BCUT2D eigenvalue weighted by atomic mass is 32.1. The van der Waals surface area contributed by atoms with Crippen LogP contribution in [0.25, 0.3) is 10.2 Å². The maximum absolute atomic E-state index is 12.7. The van der Waals surface area contributed by atoms with Crippen molar-refractivity contribution in [1.29, 1.82) is 5.26 Å².